The zero-order valence-electron chi connectivity index (χ0n) is 13.1. The molecule has 0 heterocycles. The number of carbonyl (C=O) groups excluding carboxylic acids is 2. The Kier molecular flexibility index (Phi) is 7.58. The van der Waals surface area contributed by atoms with Crippen molar-refractivity contribution in [1.29, 1.82) is 0 Å². The molecule has 2 unspecified atom stereocenters. The molecule has 10 heteroatoms. The second-order valence-electron chi connectivity index (χ2n) is 5.00. The van der Waals surface area contributed by atoms with E-state index in [0.717, 1.165) is 0 Å². The number of nitrogens with one attached hydrogen (secondary N) is 2. The Bertz CT molecular complexity index is 442. The summed E-state index contributed by atoms with van der Waals surface area (Å²) in [5, 5.41) is 22.7. The van der Waals surface area contributed by atoms with Crippen molar-refractivity contribution in [1.82, 2.24) is 10.5 Å². The number of hydrogen-bond acceptors (Lipinski definition) is 4. The highest BCUT2D eigenvalue weighted by molar-refractivity contribution is 6.39. The van der Waals surface area contributed by atoms with Crippen LogP contribution in [0.1, 0.15) is 40.5 Å². The maximum Gasteiger partial charge on any atom is 0.543 e. The fourth-order valence-electron chi connectivity index (χ4n) is 1.36. The molecule has 0 aromatic rings. The van der Waals surface area contributed by atoms with Gasteiger partial charge in [-0.2, -0.15) is 9.59 Å². The summed E-state index contributed by atoms with van der Waals surface area (Å²) < 4.78 is -2.41. The molecule has 0 rings (SSSR count). The van der Waals surface area contributed by atoms with Crippen molar-refractivity contribution in [3.05, 3.63) is 0 Å². The highest BCUT2D eigenvalue weighted by Crippen LogP contribution is 2.13. The van der Waals surface area contributed by atoms with E-state index in [1.54, 1.807) is 20.8 Å². The van der Waals surface area contributed by atoms with Gasteiger partial charge in [0.05, 0.1) is 0 Å². The Morgan fingerprint density at radius 1 is 1.00 bits per heavy atom. The van der Waals surface area contributed by atoms with E-state index < -0.39 is 34.8 Å². The van der Waals surface area contributed by atoms with Crippen LogP contribution in [0.2, 0.25) is 5.82 Å². The maximum absolute atomic E-state index is 12.1. The molecule has 0 saturated carbocycles. The van der Waals surface area contributed by atoms with Crippen LogP contribution in [-0.2, 0) is 0 Å². The van der Waals surface area contributed by atoms with Crippen molar-refractivity contribution >= 4 is 31.7 Å². The van der Waals surface area contributed by atoms with Crippen molar-refractivity contribution < 1.29 is 33.9 Å². The van der Waals surface area contributed by atoms with Crippen molar-refractivity contribution in [3.63, 3.8) is 0 Å². The van der Waals surface area contributed by atoms with Gasteiger partial charge in [0.2, 0.25) is 0 Å². The predicted octanol–water partition coefficient (Wildman–Crippen LogP) is 2.21. The number of amides is 6. The molecule has 0 aliphatic carbocycles. The molecule has 123 valence electrons. The van der Waals surface area contributed by atoms with Gasteiger partial charge < -0.3 is 20.8 Å². The molecule has 0 fully saturated rings. The summed E-state index contributed by atoms with van der Waals surface area (Å²) in [6, 6.07) is -3.36. The van der Waals surface area contributed by atoms with Crippen LogP contribution in [0, 0.1) is 0 Å². The van der Waals surface area contributed by atoms with Gasteiger partial charge >= 0.3 is 24.2 Å². The third-order valence-electron chi connectivity index (χ3n) is 3.30. The molecule has 22 heavy (non-hydrogen) atoms. The number of imide groups is 6. The van der Waals surface area contributed by atoms with Crippen LogP contribution in [0.4, 0.5) is 19.2 Å². The molecule has 0 aromatic heterocycles. The fourth-order valence-corrected chi connectivity index (χ4v) is 1.36. The molecular formula is C12H22BN3O6+. The van der Waals surface area contributed by atoms with Gasteiger partial charge in [-0.25, -0.2) is 9.59 Å². The Labute approximate surface area is 129 Å². The second kappa shape index (κ2) is 8.37. The molecule has 6 amide bonds. The van der Waals surface area contributed by atoms with Gasteiger partial charge in [-0.15, -0.1) is 0 Å². The molecule has 0 spiro atoms. The zero-order chi connectivity index (χ0) is 17.5. The first-order chi connectivity index (χ1) is 10.1. The Morgan fingerprint density at radius 2 is 1.50 bits per heavy atom. The van der Waals surface area contributed by atoms with Gasteiger partial charge in [0.25, 0.3) is 7.41 Å². The number of nitrogens with zero attached hydrogens (tertiary/aromatic N) is 1. The van der Waals surface area contributed by atoms with E-state index in [2.05, 4.69) is 10.5 Å². The van der Waals surface area contributed by atoms with Crippen LogP contribution in [0.15, 0.2) is 0 Å². The Hall–Kier alpha value is -2.10. The van der Waals surface area contributed by atoms with Crippen LogP contribution >= 0.6 is 0 Å². The first-order valence-corrected chi connectivity index (χ1v) is 6.95. The topological polar surface area (TPSA) is 133 Å². The van der Waals surface area contributed by atoms with Crippen LogP contribution in [-0.4, -0.2) is 52.4 Å². The lowest BCUT2D eigenvalue weighted by atomic mass is 9.75. The smallest absolute Gasteiger partial charge is 0.434 e. The van der Waals surface area contributed by atoms with Gasteiger partial charge in [0.15, 0.2) is 0 Å². The highest BCUT2D eigenvalue weighted by atomic mass is 16.5. The van der Waals surface area contributed by atoms with E-state index in [1.807, 2.05) is 6.92 Å². The fraction of sp³-hybridized carbons (Fsp3) is 0.667. The minimum absolute atomic E-state index is 0.105. The van der Waals surface area contributed by atoms with E-state index in [4.69, 9.17) is 0 Å². The molecule has 0 aromatic carbocycles. The quantitative estimate of drug-likeness (QED) is 0.454. The molecule has 0 aliphatic heterocycles. The summed E-state index contributed by atoms with van der Waals surface area (Å²) in [7, 11) is 1.26. The molecule has 2 atom stereocenters. The normalized spacial score (nSPS) is 13.6. The van der Waals surface area contributed by atoms with Crippen LogP contribution in [0.5, 0.6) is 0 Å². The number of carbonyl (C=O) groups is 4. The Balaban J connectivity index is 5.51. The monoisotopic (exact) mass is 315 g/mol. The Morgan fingerprint density at radius 3 is 1.86 bits per heavy atom. The minimum Gasteiger partial charge on any atom is -0.434 e. The lowest BCUT2D eigenvalue weighted by Gasteiger charge is -2.23. The van der Waals surface area contributed by atoms with Gasteiger partial charge in [0, 0.05) is 10.5 Å². The lowest BCUT2D eigenvalue weighted by molar-refractivity contribution is -0.613. The van der Waals surface area contributed by atoms with Gasteiger partial charge in [-0.1, -0.05) is 27.2 Å². The van der Waals surface area contributed by atoms with E-state index in [0.29, 0.717) is 12.8 Å². The average Bonchev–Trinajstić information content (AvgIpc) is 2.44. The second-order valence-corrected chi connectivity index (χ2v) is 5.00. The average molecular weight is 315 g/mol. The number of quaternary nitrogens is 1. The summed E-state index contributed by atoms with van der Waals surface area (Å²) in [5.41, 5.74) is 0. The van der Waals surface area contributed by atoms with Crippen LogP contribution in [0.25, 0.3) is 0 Å². The van der Waals surface area contributed by atoms with Crippen LogP contribution < -0.4 is 10.5 Å². The summed E-state index contributed by atoms with van der Waals surface area (Å²) >= 11 is 0. The molecule has 9 nitrogen and oxygen atoms in total. The van der Waals surface area contributed by atoms with Crippen molar-refractivity contribution in [3.8, 4) is 0 Å². The minimum atomic E-state index is -2.41. The first-order valence-electron chi connectivity index (χ1n) is 6.95. The van der Waals surface area contributed by atoms with E-state index in [-0.39, 0.29) is 5.82 Å². The summed E-state index contributed by atoms with van der Waals surface area (Å²) in [5.74, 6) is -0.105. The molecule has 0 bridgehead atoms. The molecule has 1 radical (unpaired) electrons. The summed E-state index contributed by atoms with van der Waals surface area (Å²) in [6.07, 6.45) is -3.09. The maximum atomic E-state index is 12.1. The van der Waals surface area contributed by atoms with Gasteiger partial charge in [-0.05, 0) is 19.2 Å². The van der Waals surface area contributed by atoms with Crippen molar-refractivity contribution in [2.24, 2.45) is 0 Å². The third kappa shape index (κ3) is 4.20. The molecule has 0 saturated heterocycles. The number of hydrogen-bond donors (Lipinski definition) is 4. The van der Waals surface area contributed by atoms with Gasteiger partial charge in [-0.3, -0.25) is 0 Å². The summed E-state index contributed by atoms with van der Waals surface area (Å²) in [4.78, 5) is 47.0. The number of urea groups is 2. The van der Waals surface area contributed by atoms with Crippen LogP contribution in [0.3, 0.4) is 0 Å². The number of rotatable bonds is 5. The van der Waals surface area contributed by atoms with Crippen molar-refractivity contribution in [2.45, 2.75) is 52.4 Å². The van der Waals surface area contributed by atoms with Crippen molar-refractivity contribution in [2.75, 3.05) is 0 Å². The zero-order valence-corrected chi connectivity index (χ0v) is 13.1. The molecule has 4 N–H and O–H groups in total. The first kappa shape index (κ1) is 19.9. The predicted molar refractivity (Wildman–Crippen MR) is 78.6 cm³/mol. The van der Waals surface area contributed by atoms with E-state index >= 15 is 0 Å². The van der Waals surface area contributed by atoms with E-state index in [9.17, 15) is 29.4 Å². The number of carboxylic acid groups (broad SMARTS) is 2. The van der Waals surface area contributed by atoms with Gasteiger partial charge in [0.1, 0.15) is 0 Å². The standard InChI is InChI=1S/C12H21BN3O6/c1-5-7(3)13-15-10(18)16(11(19)20,12(21)22)9(17)14-8(4)6-2/h7-8H,5-6H2,1-4H3,(H3-,14,15,17,18,19,20,21,22)/p+1. The summed E-state index contributed by atoms with van der Waals surface area (Å²) in [6.45, 7) is 6.87. The lowest BCUT2D eigenvalue weighted by Crippen LogP contribution is -2.70. The highest BCUT2D eigenvalue weighted by Gasteiger charge is 2.61. The third-order valence-corrected chi connectivity index (χ3v) is 3.30. The molecular weight excluding hydrogens is 293 g/mol. The largest absolute Gasteiger partial charge is 0.543 e. The molecule has 0 aliphatic rings. The van der Waals surface area contributed by atoms with E-state index in [1.165, 1.54) is 7.41 Å². The SMILES string of the molecule is CCC(C)[B]NC(=O)[N+](C(=O)O)(C(=O)O)C(=O)NC(C)CC.